The van der Waals surface area contributed by atoms with E-state index in [9.17, 15) is 18.4 Å². The molecular formula is C24H34F2N4O4. The van der Waals surface area contributed by atoms with Gasteiger partial charge in [-0.05, 0) is 51.1 Å². The number of aldehydes is 1. The molecule has 4 N–H and O–H groups in total. The van der Waals surface area contributed by atoms with E-state index in [2.05, 4.69) is 21.4 Å². The molecule has 0 saturated carbocycles. The van der Waals surface area contributed by atoms with Crippen molar-refractivity contribution in [2.24, 2.45) is 5.73 Å². The second kappa shape index (κ2) is 15.8. The van der Waals surface area contributed by atoms with Gasteiger partial charge in [-0.1, -0.05) is 19.9 Å². The van der Waals surface area contributed by atoms with Crippen LogP contribution in [0.3, 0.4) is 0 Å². The lowest BCUT2D eigenvalue weighted by molar-refractivity contribution is -0.126. The molecule has 1 aromatic heterocycles. The smallest absolute Gasteiger partial charge is 0.253 e. The van der Waals surface area contributed by atoms with Gasteiger partial charge in [-0.3, -0.25) is 14.6 Å². The van der Waals surface area contributed by atoms with Crippen LogP contribution in [0, 0.1) is 11.6 Å². The maximum Gasteiger partial charge on any atom is 0.253 e. The molecule has 3 rings (SSSR count). The summed E-state index contributed by atoms with van der Waals surface area (Å²) in [5, 5.41) is 5.82. The third-order valence-electron chi connectivity index (χ3n) is 4.52. The Morgan fingerprint density at radius 3 is 2.65 bits per heavy atom. The van der Waals surface area contributed by atoms with E-state index >= 15 is 0 Å². The summed E-state index contributed by atoms with van der Waals surface area (Å²) in [5.74, 6) is -2.02. The number of aromatic nitrogens is 1. The summed E-state index contributed by atoms with van der Waals surface area (Å²) in [6, 6.07) is 7.42. The van der Waals surface area contributed by atoms with Crippen LogP contribution in [0.1, 0.15) is 44.1 Å². The minimum absolute atomic E-state index is 0.0412. The van der Waals surface area contributed by atoms with Crippen LogP contribution in [0.2, 0.25) is 0 Å². The zero-order valence-corrected chi connectivity index (χ0v) is 20.0. The molecule has 2 heterocycles. The molecule has 0 bridgehead atoms. The number of nitrogens with one attached hydrogen (secondary N) is 2. The molecule has 188 valence electrons. The van der Waals surface area contributed by atoms with Gasteiger partial charge in [0, 0.05) is 24.5 Å². The molecule has 1 aliphatic rings. The average Bonchev–Trinajstić information content (AvgIpc) is 3.27. The number of nitrogens with zero attached hydrogens (tertiary/aromatic N) is 1. The Balaban J connectivity index is 0.000000320. The highest BCUT2D eigenvalue weighted by Gasteiger charge is 2.28. The first-order valence-electron chi connectivity index (χ1n) is 11.1. The van der Waals surface area contributed by atoms with Crippen molar-refractivity contribution in [3.05, 3.63) is 53.9 Å². The molecule has 0 spiro atoms. The molecule has 1 amide bonds. The van der Waals surface area contributed by atoms with E-state index in [1.807, 2.05) is 20.8 Å². The summed E-state index contributed by atoms with van der Waals surface area (Å²) in [4.78, 5) is 26.2. The van der Waals surface area contributed by atoms with Crippen LogP contribution in [0.4, 0.5) is 14.5 Å². The Morgan fingerprint density at radius 1 is 1.29 bits per heavy atom. The maximum absolute atomic E-state index is 13.1. The van der Waals surface area contributed by atoms with Crippen LogP contribution >= 0.6 is 0 Å². The molecule has 1 aliphatic heterocycles. The van der Waals surface area contributed by atoms with Gasteiger partial charge in [0.15, 0.2) is 17.9 Å². The largest absolute Gasteiger partial charge is 0.489 e. The first-order valence-corrected chi connectivity index (χ1v) is 11.1. The van der Waals surface area contributed by atoms with Crippen molar-refractivity contribution in [3.63, 3.8) is 0 Å². The van der Waals surface area contributed by atoms with E-state index in [-0.39, 0.29) is 17.8 Å². The Bertz CT molecular complexity index is 899. The number of anilines is 1. The van der Waals surface area contributed by atoms with E-state index in [0.29, 0.717) is 36.9 Å². The van der Waals surface area contributed by atoms with Crippen molar-refractivity contribution in [2.75, 3.05) is 25.5 Å². The number of amides is 1. The Hall–Kier alpha value is -2.95. The van der Waals surface area contributed by atoms with Crippen molar-refractivity contribution >= 4 is 17.9 Å². The Labute approximate surface area is 199 Å². The molecule has 0 aliphatic carbocycles. The number of carbonyl (C=O) groups is 2. The third kappa shape index (κ3) is 10.3. The fourth-order valence-corrected chi connectivity index (χ4v) is 2.91. The fraction of sp³-hybridized carbons (Fsp3) is 0.458. The van der Waals surface area contributed by atoms with Gasteiger partial charge >= 0.3 is 0 Å². The molecule has 10 heteroatoms. The van der Waals surface area contributed by atoms with Crippen LogP contribution in [0.25, 0.3) is 0 Å². The highest BCUT2D eigenvalue weighted by molar-refractivity contribution is 5.94. The zero-order valence-electron chi connectivity index (χ0n) is 20.0. The van der Waals surface area contributed by atoms with Gasteiger partial charge in [0.2, 0.25) is 5.82 Å². The molecule has 1 fully saturated rings. The second-order valence-electron chi connectivity index (χ2n) is 7.60. The van der Waals surface area contributed by atoms with Gasteiger partial charge in [-0.15, -0.1) is 0 Å². The standard InChI is InChI=1S/C12H14N2O3.C11H15F2NO.CH5N/c1-8-2-3-11(17-8)12(16)14-9-4-5-13-10(6-9)7-15;1-8(2)14-6-7-15-10-5-3-4-9(12)11(10)13;1-2/h4-8,11H,2-3H2,1H3,(H,13,14,16);3-5,8,14H,6-7H2,1-2H3;2H2,1H3. The maximum atomic E-state index is 13.1. The lowest BCUT2D eigenvalue weighted by Crippen LogP contribution is -2.27. The molecule has 2 unspecified atom stereocenters. The first-order chi connectivity index (χ1) is 16.3. The normalized spacial score (nSPS) is 16.6. The molecule has 2 atom stereocenters. The van der Waals surface area contributed by atoms with Crippen LogP contribution in [-0.2, 0) is 9.53 Å². The van der Waals surface area contributed by atoms with Gasteiger partial charge in [0.05, 0.1) is 6.10 Å². The first kappa shape index (κ1) is 29.1. The molecular weight excluding hydrogens is 446 g/mol. The van der Waals surface area contributed by atoms with E-state index in [0.717, 1.165) is 18.9 Å². The van der Waals surface area contributed by atoms with E-state index in [1.165, 1.54) is 31.4 Å². The van der Waals surface area contributed by atoms with Gasteiger partial charge in [-0.2, -0.15) is 4.39 Å². The van der Waals surface area contributed by atoms with Crippen molar-refractivity contribution < 1.29 is 27.8 Å². The number of rotatable bonds is 8. The van der Waals surface area contributed by atoms with Gasteiger partial charge in [-0.25, -0.2) is 4.39 Å². The van der Waals surface area contributed by atoms with Crippen molar-refractivity contribution in [1.82, 2.24) is 10.3 Å². The monoisotopic (exact) mass is 480 g/mol. The fourth-order valence-electron chi connectivity index (χ4n) is 2.91. The van der Waals surface area contributed by atoms with E-state index in [4.69, 9.17) is 9.47 Å². The summed E-state index contributed by atoms with van der Waals surface area (Å²) < 4.78 is 36.4. The predicted molar refractivity (Wildman–Crippen MR) is 127 cm³/mol. The van der Waals surface area contributed by atoms with Crippen molar-refractivity contribution in [1.29, 1.82) is 0 Å². The number of benzene rings is 1. The summed E-state index contributed by atoms with van der Waals surface area (Å²) in [6.45, 7) is 6.88. The van der Waals surface area contributed by atoms with Crippen molar-refractivity contribution in [3.8, 4) is 5.75 Å². The van der Waals surface area contributed by atoms with Crippen LogP contribution in [-0.4, -0.2) is 55.6 Å². The van der Waals surface area contributed by atoms with Crippen LogP contribution < -0.4 is 21.1 Å². The number of hydrogen-bond acceptors (Lipinski definition) is 7. The Morgan fingerprint density at radius 2 is 2.03 bits per heavy atom. The third-order valence-corrected chi connectivity index (χ3v) is 4.52. The molecule has 34 heavy (non-hydrogen) atoms. The summed E-state index contributed by atoms with van der Waals surface area (Å²) >= 11 is 0. The highest BCUT2D eigenvalue weighted by atomic mass is 19.2. The summed E-state index contributed by atoms with van der Waals surface area (Å²) in [7, 11) is 1.50. The van der Waals surface area contributed by atoms with Gasteiger partial charge < -0.3 is 25.8 Å². The number of pyridine rings is 1. The molecule has 1 saturated heterocycles. The van der Waals surface area contributed by atoms with Crippen LogP contribution in [0.15, 0.2) is 36.5 Å². The lowest BCUT2D eigenvalue weighted by atomic mass is 10.2. The Kier molecular flexibility index (Phi) is 13.5. The van der Waals surface area contributed by atoms with Gasteiger partial charge in [0.1, 0.15) is 18.4 Å². The number of ether oxygens (including phenoxy) is 2. The number of hydrogen-bond donors (Lipinski definition) is 3. The summed E-state index contributed by atoms with van der Waals surface area (Å²) in [5.41, 5.74) is 5.36. The SMILES string of the molecule is CC(C)NCCOc1cccc(F)c1F.CC1CCC(C(=O)Nc2ccnc(C=O)c2)O1.CN. The van der Waals surface area contributed by atoms with E-state index < -0.39 is 17.7 Å². The number of nitrogens with two attached hydrogens (primary N) is 1. The summed E-state index contributed by atoms with van der Waals surface area (Å²) in [6.07, 6.45) is 3.50. The van der Waals surface area contributed by atoms with Crippen molar-refractivity contribution in [2.45, 2.75) is 51.9 Å². The van der Waals surface area contributed by atoms with Gasteiger partial charge in [0.25, 0.3) is 5.91 Å². The number of halogens is 2. The average molecular weight is 481 g/mol. The molecule has 2 aromatic rings. The number of carbonyl (C=O) groups excluding carboxylic acids is 2. The second-order valence-corrected chi connectivity index (χ2v) is 7.60. The van der Waals surface area contributed by atoms with Crippen LogP contribution in [0.5, 0.6) is 5.75 Å². The quantitative estimate of drug-likeness (QED) is 0.392. The highest BCUT2D eigenvalue weighted by Crippen LogP contribution is 2.21. The minimum atomic E-state index is -0.929. The van der Waals surface area contributed by atoms with E-state index in [1.54, 1.807) is 6.07 Å². The zero-order chi connectivity index (χ0) is 25.5. The molecule has 0 radical (unpaired) electrons. The minimum Gasteiger partial charge on any atom is -0.489 e. The lowest BCUT2D eigenvalue weighted by Gasteiger charge is -2.11. The topological polar surface area (TPSA) is 116 Å². The molecule has 8 nitrogen and oxygen atoms in total. The molecule has 1 aromatic carbocycles. The predicted octanol–water partition coefficient (Wildman–Crippen LogP) is 3.32.